The Morgan fingerprint density at radius 2 is 1.92 bits per heavy atom. The zero-order valence-corrected chi connectivity index (χ0v) is 21.4. The molecule has 37 heavy (non-hydrogen) atoms. The summed E-state index contributed by atoms with van der Waals surface area (Å²) >= 11 is 0. The van der Waals surface area contributed by atoms with E-state index in [0.29, 0.717) is 44.2 Å². The van der Waals surface area contributed by atoms with Crippen LogP contribution in [0, 0.1) is 5.41 Å². The molecule has 0 radical (unpaired) electrons. The maximum absolute atomic E-state index is 14.3. The van der Waals surface area contributed by atoms with Crippen LogP contribution in [0.1, 0.15) is 75.9 Å². The zero-order valence-electron chi connectivity index (χ0n) is 21.4. The van der Waals surface area contributed by atoms with Crippen molar-refractivity contribution < 1.29 is 13.9 Å². The van der Waals surface area contributed by atoms with Crippen molar-refractivity contribution in [2.75, 3.05) is 18.1 Å². The summed E-state index contributed by atoms with van der Waals surface area (Å²) < 4.78 is 19.9. The van der Waals surface area contributed by atoms with Crippen molar-refractivity contribution in [1.29, 1.82) is 0 Å². The Bertz CT molecular complexity index is 1270. The minimum atomic E-state index is -1.10. The number of halogens is 1. The van der Waals surface area contributed by atoms with Crippen LogP contribution in [0.4, 0.5) is 10.1 Å². The highest BCUT2D eigenvalue weighted by Crippen LogP contribution is 2.70. The minimum absolute atomic E-state index is 0.0678. The van der Waals surface area contributed by atoms with Gasteiger partial charge < -0.3 is 14.6 Å². The van der Waals surface area contributed by atoms with Gasteiger partial charge in [-0.25, -0.2) is 9.37 Å². The number of hydrogen-bond donors (Lipinski definition) is 1. The normalized spacial score (nSPS) is 23.7. The predicted molar refractivity (Wildman–Crippen MR) is 139 cm³/mol. The Labute approximate surface area is 216 Å². The Kier molecular flexibility index (Phi) is 6.21. The molecule has 8 heteroatoms. The number of rotatable bonds is 12. The molecule has 3 aromatic rings. The number of carbonyl (C=O) groups excluding carboxylic acids is 1. The Morgan fingerprint density at radius 1 is 1.11 bits per heavy atom. The maximum atomic E-state index is 14.3. The van der Waals surface area contributed by atoms with Gasteiger partial charge in [-0.05, 0) is 81.2 Å². The third-order valence-corrected chi connectivity index (χ3v) is 7.99. The number of hydrogen-bond acceptors (Lipinski definition) is 5. The number of aryl methyl sites for hydroxylation is 1. The van der Waals surface area contributed by atoms with Crippen LogP contribution < -0.4 is 9.64 Å². The monoisotopic (exact) mass is 503 g/mol. The van der Waals surface area contributed by atoms with Gasteiger partial charge in [-0.2, -0.15) is 0 Å². The lowest BCUT2D eigenvalue weighted by atomic mass is 9.42. The molecule has 1 N–H and O–H groups in total. The number of ether oxygens (including phenoxy) is 1. The van der Waals surface area contributed by atoms with Crippen molar-refractivity contribution in [2.45, 2.75) is 76.3 Å². The first-order valence-electron chi connectivity index (χ1n) is 13.6. The molecular weight excluding hydrogens is 469 g/mol. The van der Waals surface area contributed by atoms with Crippen molar-refractivity contribution in [3.8, 4) is 17.0 Å². The molecule has 4 aliphatic rings. The number of unbranched alkanes of at least 4 members (excludes halogenated alkanes) is 2. The number of aromatic amines is 1. The lowest BCUT2D eigenvalue weighted by Crippen LogP contribution is -2.70. The summed E-state index contributed by atoms with van der Waals surface area (Å²) in [6.07, 6.45) is 8.95. The van der Waals surface area contributed by atoms with Crippen LogP contribution >= 0.6 is 0 Å². The molecular formula is C29H34FN5O2. The standard InChI is InChI=1S/C29H34FN5O2/c1-2-37-25-16-22(12-13-31-25)21-7-6-8-23(15-21)35(27(36)28-17-29(30,18-28)19-28)14-5-3-4-9-24-32-26(34-33-24)20-10-11-20/h6-8,12-13,15-16,20H,2-5,9-11,14,17-19H2,1H3,(H,32,33,34). The Balaban J connectivity index is 1.14. The topological polar surface area (TPSA) is 84.0 Å². The average Bonchev–Trinajstić information content (AvgIpc) is 3.62. The number of alkyl halides is 1. The third-order valence-electron chi connectivity index (χ3n) is 7.99. The summed E-state index contributed by atoms with van der Waals surface area (Å²) in [5.41, 5.74) is 1.22. The molecule has 1 amide bonds. The van der Waals surface area contributed by atoms with Gasteiger partial charge in [0.1, 0.15) is 17.3 Å². The first kappa shape index (κ1) is 24.1. The molecule has 0 unspecified atom stereocenters. The van der Waals surface area contributed by atoms with Crippen LogP contribution in [0.3, 0.4) is 0 Å². The van der Waals surface area contributed by atoms with E-state index < -0.39 is 11.1 Å². The number of pyridine rings is 1. The Morgan fingerprint density at radius 3 is 2.68 bits per heavy atom. The van der Waals surface area contributed by atoms with Crippen LogP contribution in [-0.4, -0.2) is 44.9 Å². The highest BCUT2D eigenvalue weighted by Gasteiger charge is 2.73. The number of nitrogens with zero attached hydrogens (tertiary/aromatic N) is 4. The summed E-state index contributed by atoms with van der Waals surface area (Å²) in [5, 5.41) is 8.56. The summed E-state index contributed by atoms with van der Waals surface area (Å²) in [5.74, 6) is 3.21. The number of aromatic nitrogens is 4. The van der Waals surface area contributed by atoms with E-state index in [4.69, 9.17) is 4.74 Å². The smallest absolute Gasteiger partial charge is 0.233 e. The zero-order chi connectivity index (χ0) is 25.5. The molecule has 0 spiro atoms. The van der Waals surface area contributed by atoms with Crippen LogP contribution in [0.25, 0.3) is 11.1 Å². The minimum Gasteiger partial charge on any atom is -0.478 e. The number of benzene rings is 1. The molecule has 4 aliphatic carbocycles. The average molecular weight is 504 g/mol. The lowest BCUT2D eigenvalue weighted by molar-refractivity contribution is -0.211. The molecule has 2 aromatic heterocycles. The van der Waals surface area contributed by atoms with Crippen LogP contribution in [0.15, 0.2) is 42.6 Å². The van der Waals surface area contributed by atoms with E-state index in [1.165, 1.54) is 12.8 Å². The molecule has 0 aliphatic heterocycles. The van der Waals surface area contributed by atoms with E-state index in [2.05, 4.69) is 20.2 Å². The number of amides is 1. The summed E-state index contributed by atoms with van der Waals surface area (Å²) in [6, 6.07) is 11.9. The first-order valence-corrected chi connectivity index (χ1v) is 13.6. The second kappa shape index (κ2) is 9.54. The van der Waals surface area contributed by atoms with Crippen LogP contribution in [0.5, 0.6) is 5.88 Å². The quantitative estimate of drug-likeness (QED) is 0.317. The lowest BCUT2D eigenvalue weighted by Gasteiger charge is -2.65. The number of anilines is 1. The fourth-order valence-corrected chi connectivity index (χ4v) is 5.90. The van der Waals surface area contributed by atoms with Crippen molar-refractivity contribution in [3.63, 3.8) is 0 Å². The molecule has 2 bridgehead atoms. The predicted octanol–water partition coefficient (Wildman–Crippen LogP) is 5.78. The van der Waals surface area contributed by atoms with Gasteiger partial charge >= 0.3 is 0 Å². The summed E-state index contributed by atoms with van der Waals surface area (Å²) in [7, 11) is 0. The molecule has 4 fully saturated rings. The van der Waals surface area contributed by atoms with E-state index in [-0.39, 0.29) is 5.91 Å². The fraction of sp³-hybridized carbons (Fsp3) is 0.517. The van der Waals surface area contributed by atoms with Gasteiger partial charge in [0.2, 0.25) is 11.8 Å². The van der Waals surface area contributed by atoms with Gasteiger partial charge in [-0.15, -0.1) is 10.2 Å². The molecule has 0 atom stereocenters. The van der Waals surface area contributed by atoms with E-state index >= 15 is 0 Å². The van der Waals surface area contributed by atoms with Gasteiger partial charge in [0.05, 0.1) is 12.0 Å². The van der Waals surface area contributed by atoms with E-state index in [9.17, 15) is 9.18 Å². The van der Waals surface area contributed by atoms with E-state index in [1.54, 1.807) is 6.20 Å². The molecule has 1 aromatic carbocycles. The third kappa shape index (κ3) is 4.86. The molecule has 0 saturated heterocycles. The number of carbonyl (C=O) groups is 1. The largest absolute Gasteiger partial charge is 0.478 e. The number of H-pyrrole nitrogens is 1. The first-order chi connectivity index (χ1) is 18.0. The second-order valence-electron chi connectivity index (χ2n) is 11.0. The highest BCUT2D eigenvalue weighted by molar-refractivity contribution is 6.00. The number of nitrogens with one attached hydrogen (secondary N) is 1. The van der Waals surface area contributed by atoms with Crippen LogP contribution in [-0.2, 0) is 11.2 Å². The SMILES string of the molecule is CCOc1cc(-c2cccc(N(CCCCCc3nnc(C4CC4)[nH]3)C(=O)C34CC(F)(C3)C4)c2)ccn1. The van der Waals surface area contributed by atoms with Crippen LogP contribution in [0.2, 0.25) is 0 Å². The molecule has 2 heterocycles. The summed E-state index contributed by atoms with van der Waals surface area (Å²) in [6.45, 7) is 3.10. The second-order valence-corrected chi connectivity index (χ2v) is 11.0. The van der Waals surface area contributed by atoms with Crippen molar-refractivity contribution in [3.05, 3.63) is 54.2 Å². The molecule has 7 rings (SSSR count). The fourth-order valence-electron chi connectivity index (χ4n) is 5.90. The van der Waals surface area contributed by atoms with Crippen molar-refractivity contribution >= 4 is 11.6 Å². The molecule has 7 nitrogen and oxygen atoms in total. The van der Waals surface area contributed by atoms with Gasteiger partial charge in [-0.1, -0.05) is 18.6 Å². The van der Waals surface area contributed by atoms with Crippen molar-refractivity contribution in [2.24, 2.45) is 5.41 Å². The van der Waals surface area contributed by atoms with Gasteiger partial charge in [0.15, 0.2) is 0 Å². The molecule has 194 valence electrons. The maximum Gasteiger partial charge on any atom is 0.233 e. The van der Waals surface area contributed by atoms with E-state index in [1.807, 2.05) is 48.2 Å². The van der Waals surface area contributed by atoms with Gasteiger partial charge in [0, 0.05) is 36.8 Å². The van der Waals surface area contributed by atoms with Crippen molar-refractivity contribution in [1.82, 2.24) is 20.2 Å². The van der Waals surface area contributed by atoms with Gasteiger partial charge in [-0.3, -0.25) is 4.79 Å². The Hall–Kier alpha value is -3.29. The molecule has 4 saturated carbocycles. The highest BCUT2D eigenvalue weighted by atomic mass is 19.1. The van der Waals surface area contributed by atoms with Gasteiger partial charge in [0.25, 0.3) is 0 Å². The summed E-state index contributed by atoms with van der Waals surface area (Å²) in [4.78, 5) is 23.2. The van der Waals surface area contributed by atoms with E-state index in [0.717, 1.165) is 54.1 Å².